The average Bonchev–Trinajstić information content (AvgIpc) is 2.65. The topological polar surface area (TPSA) is 155 Å². The molecule has 0 aliphatic heterocycles. The van der Waals surface area contributed by atoms with Crippen LogP contribution in [0.4, 0.5) is 5.69 Å². The van der Waals surface area contributed by atoms with Crippen molar-refractivity contribution in [3.8, 4) is 0 Å². The van der Waals surface area contributed by atoms with Crippen molar-refractivity contribution < 1.29 is 33.1 Å². The van der Waals surface area contributed by atoms with Gasteiger partial charge in [0.05, 0.1) is 15.4 Å². The van der Waals surface area contributed by atoms with Crippen molar-refractivity contribution in [1.82, 2.24) is 4.31 Å². The second-order valence-electron chi connectivity index (χ2n) is 5.78. The molecule has 0 aliphatic rings. The number of nitrogens with zero attached hydrogens (tertiary/aromatic N) is 2. The first-order valence-electron chi connectivity index (χ1n) is 7.86. The number of aliphatic carboxylic acids is 1. The van der Waals surface area contributed by atoms with Crippen LogP contribution in [0.25, 0.3) is 0 Å². The Morgan fingerprint density at radius 3 is 2.36 bits per heavy atom. The van der Waals surface area contributed by atoms with Crippen molar-refractivity contribution in [2.45, 2.75) is 24.4 Å². The maximum atomic E-state index is 13.0. The molecule has 0 aromatic heterocycles. The van der Waals surface area contributed by atoms with Crippen molar-refractivity contribution in [2.24, 2.45) is 0 Å². The number of hydrogen-bond acceptors (Lipinski definition) is 6. The summed E-state index contributed by atoms with van der Waals surface area (Å²) >= 11 is 0. The van der Waals surface area contributed by atoms with E-state index in [4.69, 9.17) is 5.11 Å². The lowest BCUT2D eigenvalue weighted by Gasteiger charge is -2.26. The number of rotatable bonds is 8. The van der Waals surface area contributed by atoms with E-state index in [1.54, 1.807) is 0 Å². The lowest BCUT2D eigenvalue weighted by molar-refractivity contribution is -0.385. The van der Waals surface area contributed by atoms with Crippen LogP contribution in [0, 0.1) is 10.1 Å². The van der Waals surface area contributed by atoms with Gasteiger partial charge in [-0.3, -0.25) is 14.9 Å². The Hall–Kier alpha value is -3.31. The van der Waals surface area contributed by atoms with Gasteiger partial charge in [-0.05, 0) is 25.1 Å². The van der Waals surface area contributed by atoms with E-state index in [2.05, 4.69) is 0 Å². The molecule has 2 N–H and O–H groups in total. The van der Waals surface area contributed by atoms with Crippen molar-refractivity contribution in [1.29, 1.82) is 0 Å². The normalized spacial score (nSPS) is 12.5. The third kappa shape index (κ3) is 4.32. The molecule has 0 spiro atoms. The molecule has 0 heterocycles. The summed E-state index contributed by atoms with van der Waals surface area (Å²) in [5.41, 5.74) is -0.659. The zero-order valence-corrected chi connectivity index (χ0v) is 15.4. The highest BCUT2D eigenvalue weighted by Gasteiger charge is 2.34. The lowest BCUT2D eigenvalue weighted by atomic mass is 10.1. The number of carboxylic acid groups (broad SMARTS) is 2. The van der Waals surface area contributed by atoms with Crippen molar-refractivity contribution in [2.75, 3.05) is 0 Å². The van der Waals surface area contributed by atoms with Crippen LogP contribution >= 0.6 is 0 Å². The Bertz CT molecular complexity index is 1030. The predicted molar refractivity (Wildman–Crippen MR) is 96.3 cm³/mol. The fourth-order valence-corrected chi connectivity index (χ4v) is 4.08. The van der Waals surface area contributed by atoms with Crippen molar-refractivity contribution in [3.05, 3.63) is 69.8 Å². The lowest BCUT2D eigenvalue weighted by Crippen LogP contribution is -2.42. The third-order valence-electron chi connectivity index (χ3n) is 3.99. The standard InChI is InChI=1S/C17H16N2O8S/c1-11(16(20)21)18(10-13-5-2-3-8-15(13)19(24)25)28(26,27)14-7-4-6-12(9-14)17(22)23/h2-9,11H,10H2,1H3,(H,20,21)(H,22,23)/t11-/m0/s1. The van der Waals surface area contributed by atoms with Gasteiger partial charge in [0, 0.05) is 18.2 Å². The van der Waals surface area contributed by atoms with Crippen LogP contribution in [-0.2, 0) is 21.4 Å². The van der Waals surface area contributed by atoms with E-state index in [-0.39, 0.29) is 16.8 Å². The van der Waals surface area contributed by atoms with Gasteiger partial charge in [0.1, 0.15) is 6.04 Å². The van der Waals surface area contributed by atoms with Crippen LogP contribution in [0.15, 0.2) is 53.4 Å². The number of nitro benzene ring substituents is 1. The number of sulfonamides is 1. The Labute approximate surface area is 159 Å². The molecule has 0 aliphatic carbocycles. The molecule has 1 atom stereocenters. The second kappa shape index (κ2) is 8.15. The summed E-state index contributed by atoms with van der Waals surface area (Å²) in [7, 11) is -4.48. The third-order valence-corrected chi connectivity index (χ3v) is 5.90. The Morgan fingerprint density at radius 2 is 1.79 bits per heavy atom. The molecule has 0 saturated carbocycles. The van der Waals surface area contributed by atoms with Crippen LogP contribution in [0.2, 0.25) is 0 Å². The average molecular weight is 408 g/mol. The van der Waals surface area contributed by atoms with E-state index in [0.717, 1.165) is 19.1 Å². The van der Waals surface area contributed by atoms with Crippen LogP contribution in [-0.4, -0.2) is 45.8 Å². The molecule has 11 heteroatoms. The minimum absolute atomic E-state index is 0.00133. The van der Waals surface area contributed by atoms with E-state index in [0.29, 0.717) is 4.31 Å². The minimum Gasteiger partial charge on any atom is -0.480 e. The van der Waals surface area contributed by atoms with E-state index < -0.39 is 44.4 Å². The second-order valence-corrected chi connectivity index (χ2v) is 7.67. The molecule has 148 valence electrons. The van der Waals surface area contributed by atoms with Gasteiger partial charge in [0.15, 0.2) is 0 Å². The summed E-state index contributed by atoms with van der Waals surface area (Å²) in [4.78, 5) is 32.7. The SMILES string of the molecule is C[C@@H](C(=O)O)N(Cc1ccccc1[N+](=O)[O-])S(=O)(=O)c1cccc(C(=O)O)c1. The molecule has 2 aromatic rings. The molecule has 0 amide bonds. The van der Waals surface area contributed by atoms with Crippen molar-refractivity contribution >= 4 is 27.6 Å². The number of carbonyl (C=O) groups is 2. The van der Waals surface area contributed by atoms with Gasteiger partial charge in [-0.25, -0.2) is 13.2 Å². The number of para-hydroxylation sites is 1. The Balaban J connectivity index is 2.58. The summed E-state index contributed by atoms with van der Waals surface area (Å²) in [5.74, 6) is -2.81. The van der Waals surface area contributed by atoms with Crippen LogP contribution in [0.3, 0.4) is 0 Å². The van der Waals surface area contributed by atoms with E-state index >= 15 is 0 Å². The van der Waals surface area contributed by atoms with Gasteiger partial charge in [0.25, 0.3) is 5.69 Å². The van der Waals surface area contributed by atoms with Gasteiger partial charge in [-0.15, -0.1) is 0 Å². The molecule has 0 fully saturated rings. The minimum atomic E-state index is -4.48. The molecule has 0 saturated heterocycles. The molecule has 0 radical (unpaired) electrons. The van der Waals surface area contributed by atoms with Gasteiger partial charge >= 0.3 is 11.9 Å². The molecule has 2 rings (SSSR count). The molecule has 0 bridgehead atoms. The van der Waals surface area contributed by atoms with Crippen LogP contribution in [0.1, 0.15) is 22.8 Å². The van der Waals surface area contributed by atoms with E-state index in [1.807, 2.05) is 0 Å². The Kier molecular flexibility index (Phi) is 6.11. The first-order valence-corrected chi connectivity index (χ1v) is 9.30. The fourth-order valence-electron chi connectivity index (χ4n) is 2.47. The predicted octanol–water partition coefficient (Wildman–Crippen LogP) is 1.96. The molecule has 28 heavy (non-hydrogen) atoms. The number of hydrogen-bond donors (Lipinski definition) is 2. The summed E-state index contributed by atoms with van der Waals surface area (Å²) in [6, 6.07) is 8.24. The van der Waals surface area contributed by atoms with Gasteiger partial charge < -0.3 is 10.2 Å². The highest BCUT2D eigenvalue weighted by atomic mass is 32.2. The first-order chi connectivity index (χ1) is 13.1. The molecule has 2 aromatic carbocycles. The van der Waals surface area contributed by atoms with E-state index in [1.165, 1.54) is 36.4 Å². The summed E-state index contributed by atoms with van der Waals surface area (Å²) in [6.07, 6.45) is 0. The van der Waals surface area contributed by atoms with Gasteiger partial charge in [-0.1, -0.05) is 24.3 Å². The first kappa shape index (κ1) is 21.0. The van der Waals surface area contributed by atoms with Crippen LogP contribution < -0.4 is 0 Å². The number of aromatic carboxylic acids is 1. The maximum Gasteiger partial charge on any atom is 0.335 e. The molecule has 0 unspecified atom stereocenters. The molecule has 10 nitrogen and oxygen atoms in total. The van der Waals surface area contributed by atoms with Gasteiger partial charge in [0.2, 0.25) is 10.0 Å². The number of benzene rings is 2. The number of nitro groups is 1. The quantitative estimate of drug-likeness (QED) is 0.496. The monoisotopic (exact) mass is 408 g/mol. The van der Waals surface area contributed by atoms with Crippen LogP contribution in [0.5, 0.6) is 0 Å². The summed E-state index contributed by atoms with van der Waals surface area (Å²) in [6.45, 7) is 0.542. The summed E-state index contributed by atoms with van der Waals surface area (Å²) < 4.78 is 26.7. The largest absolute Gasteiger partial charge is 0.480 e. The maximum absolute atomic E-state index is 13.0. The van der Waals surface area contributed by atoms with E-state index in [9.17, 15) is 33.2 Å². The van der Waals surface area contributed by atoms with Crippen molar-refractivity contribution in [3.63, 3.8) is 0 Å². The summed E-state index contributed by atoms with van der Waals surface area (Å²) in [5, 5.41) is 29.6. The zero-order valence-electron chi connectivity index (χ0n) is 14.5. The molecular formula is C17H16N2O8S. The number of carboxylic acids is 2. The highest BCUT2D eigenvalue weighted by Crippen LogP contribution is 2.26. The molecular weight excluding hydrogens is 392 g/mol. The Morgan fingerprint density at radius 1 is 1.14 bits per heavy atom. The van der Waals surface area contributed by atoms with Gasteiger partial charge in [-0.2, -0.15) is 4.31 Å². The zero-order chi connectivity index (χ0) is 21.1. The smallest absolute Gasteiger partial charge is 0.335 e. The fraction of sp³-hybridized carbons (Fsp3) is 0.176. The highest BCUT2D eigenvalue weighted by molar-refractivity contribution is 7.89.